The summed E-state index contributed by atoms with van der Waals surface area (Å²) in [5.41, 5.74) is 2.38. The SMILES string of the molecule is COc1cccc(C(CNC(=O)CCCc2cccnc2)N2CCCCC2)c1. The molecule has 1 aliphatic heterocycles. The Morgan fingerprint density at radius 3 is 2.82 bits per heavy atom. The molecule has 150 valence electrons. The van der Waals surface area contributed by atoms with Crippen molar-refractivity contribution in [3.05, 3.63) is 59.9 Å². The van der Waals surface area contributed by atoms with Crippen molar-refractivity contribution in [3.8, 4) is 5.75 Å². The van der Waals surface area contributed by atoms with E-state index in [2.05, 4.69) is 33.4 Å². The predicted octanol–water partition coefficient (Wildman–Crippen LogP) is 3.76. The van der Waals surface area contributed by atoms with Crippen molar-refractivity contribution < 1.29 is 9.53 Å². The summed E-state index contributed by atoms with van der Waals surface area (Å²) >= 11 is 0. The summed E-state index contributed by atoms with van der Waals surface area (Å²) in [4.78, 5) is 19.0. The first kappa shape index (κ1) is 20.3. The summed E-state index contributed by atoms with van der Waals surface area (Å²) in [7, 11) is 1.69. The molecule has 1 aromatic carbocycles. The smallest absolute Gasteiger partial charge is 0.220 e. The lowest BCUT2D eigenvalue weighted by molar-refractivity contribution is -0.121. The Morgan fingerprint density at radius 1 is 1.21 bits per heavy atom. The fraction of sp³-hybridized carbons (Fsp3) is 0.478. The van der Waals surface area contributed by atoms with Gasteiger partial charge in [0, 0.05) is 25.4 Å². The minimum atomic E-state index is 0.119. The molecule has 1 aromatic heterocycles. The Hall–Kier alpha value is -2.40. The van der Waals surface area contributed by atoms with Gasteiger partial charge in [0.2, 0.25) is 5.91 Å². The van der Waals surface area contributed by atoms with Crippen LogP contribution in [-0.4, -0.2) is 42.5 Å². The molecule has 0 saturated carbocycles. The molecule has 0 aliphatic carbocycles. The first-order valence-electron chi connectivity index (χ1n) is 10.3. The van der Waals surface area contributed by atoms with Crippen LogP contribution in [0.4, 0.5) is 0 Å². The molecule has 5 heteroatoms. The van der Waals surface area contributed by atoms with E-state index in [4.69, 9.17) is 4.74 Å². The van der Waals surface area contributed by atoms with Crippen molar-refractivity contribution in [2.45, 2.75) is 44.6 Å². The number of carbonyl (C=O) groups excluding carboxylic acids is 1. The van der Waals surface area contributed by atoms with Gasteiger partial charge in [-0.2, -0.15) is 0 Å². The van der Waals surface area contributed by atoms with Crippen LogP contribution in [-0.2, 0) is 11.2 Å². The molecule has 1 aliphatic rings. The molecule has 2 aromatic rings. The molecular weight excluding hydrogens is 350 g/mol. The third kappa shape index (κ3) is 6.06. The number of likely N-dealkylation sites (tertiary alicyclic amines) is 1. The van der Waals surface area contributed by atoms with Crippen LogP contribution < -0.4 is 10.1 Å². The van der Waals surface area contributed by atoms with Crippen molar-refractivity contribution in [3.63, 3.8) is 0 Å². The lowest BCUT2D eigenvalue weighted by Crippen LogP contribution is -2.40. The van der Waals surface area contributed by atoms with Gasteiger partial charge in [-0.3, -0.25) is 14.7 Å². The molecule has 0 radical (unpaired) electrons. The predicted molar refractivity (Wildman–Crippen MR) is 111 cm³/mol. The number of aromatic nitrogens is 1. The van der Waals surface area contributed by atoms with E-state index in [0.717, 1.165) is 31.7 Å². The zero-order valence-corrected chi connectivity index (χ0v) is 16.8. The molecular formula is C23H31N3O2. The Morgan fingerprint density at radius 2 is 2.07 bits per heavy atom. The van der Waals surface area contributed by atoms with E-state index in [1.54, 1.807) is 13.3 Å². The second kappa shape index (κ2) is 10.8. The highest BCUT2D eigenvalue weighted by Crippen LogP contribution is 2.26. The maximum atomic E-state index is 12.4. The highest BCUT2D eigenvalue weighted by molar-refractivity contribution is 5.75. The average molecular weight is 382 g/mol. The van der Waals surface area contributed by atoms with Crippen molar-refractivity contribution in [1.82, 2.24) is 15.2 Å². The van der Waals surface area contributed by atoms with E-state index in [-0.39, 0.29) is 11.9 Å². The van der Waals surface area contributed by atoms with Crippen LogP contribution in [0.5, 0.6) is 5.75 Å². The molecule has 0 bridgehead atoms. The first-order valence-corrected chi connectivity index (χ1v) is 10.3. The highest BCUT2D eigenvalue weighted by Gasteiger charge is 2.23. The zero-order valence-electron chi connectivity index (χ0n) is 16.8. The number of ether oxygens (including phenoxy) is 1. The number of methoxy groups -OCH3 is 1. The minimum absolute atomic E-state index is 0.119. The number of nitrogens with one attached hydrogen (secondary N) is 1. The lowest BCUT2D eigenvalue weighted by atomic mass is 10.0. The van der Waals surface area contributed by atoms with Gasteiger partial charge >= 0.3 is 0 Å². The molecule has 1 amide bonds. The molecule has 1 atom stereocenters. The largest absolute Gasteiger partial charge is 0.497 e. The van der Waals surface area contributed by atoms with Crippen LogP contribution in [0.2, 0.25) is 0 Å². The van der Waals surface area contributed by atoms with Crippen LogP contribution in [0, 0.1) is 0 Å². The fourth-order valence-electron chi connectivity index (χ4n) is 3.83. The second-order valence-corrected chi connectivity index (χ2v) is 7.41. The standard InChI is InChI=1S/C23H31N3O2/c1-28-21-11-6-10-20(16-21)22(26-14-3-2-4-15-26)18-25-23(27)12-5-8-19-9-7-13-24-17-19/h6-7,9-11,13,16-17,22H,2-5,8,12,14-15,18H2,1H3,(H,25,27). The number of amides is 1. The number of nitrogens with zero attached hydrogens (tertiary/aromatic N) is 2. The number of hydrogen-bond donors (Lipinski definition) is 1. The molecule has 0 spiro atoms. The molecule has 1 N–H and O–H groups in total. The van der Waals surface area contributed by atoms with Crippen LogP contribution in [0.1, 0.15) is 49.3 Å². The van der Waals surface area contributed by atoms with Gasteiger partial charge in [-0.05, 0) is 68.1 Å². The third-order valence-corrected chi connectivity index (χ3v) is 5.39. The number of rotatable bonds is 9. The van der Waals surface area contributed by atoms with Gasteiger partial charge in [-0.15, -0.1) is 0 Å². The van der Waals surface area contributed by atoms with E-state index >= 15 is 0 Å². The molecule has 1 unspecified atom stereocenters. The van der Waals surface area contributed by atoms with Crippen LogP contribution in [0.3, 0.4) is 0 Å². The summed E-state index contributed by atoms with van der Waals surface area (Å²) in [6, 6.07) is 12.4. The lowest BCUT2D eigenvalue weighted by Gasteiger charge is -2.35. The molecule has 5 nitrogen and oxygen atoms in total. The molecule has 3 rings (SSSR count). The van der Waals surface area contributed by atoms with Crippen LogP contribution in [0.15, 0.2) is 48.8 Å². The molecule has 2 heterocycles. The summed E-state index contributed by atoms with van der Waals surface area (Å²) in [5.74, 6) is 0.983. The summed E-state index contributed by atoms with van der Waals surface area (Å²) < 4.78 is 5.40. The maximum Gasteiger partial charge on any atom is 0.220 e. The number of benzene rings is 1. The third-order valence-electron chi connectivity index (χ3n) is 5.39. The summed E-state index contributed by atoms with van der Waals surface area (Å²) in [6.07, 6.45) is 9.64. The maximum absolute atomic E-state index is 12.4. The monoisotopic (exact) mass is 381 g/mol. The summed E-state index contributed by atoms with van der Waals surface area (Å²) in [5, 5.41) is 3.17. The normalized spacial score (nSPS) is 15.8. The molecule has 1 fully saturated rings. The van der Waals surface area contributed by atoms with E-state index in [0.29, 0.717) is 13.0 Å². The summed E-state index contributed by atoms with van der Waals surface area (Å²) in [6.45, 7) is 2.80. The van der Waals surface area contributed by atoms with Gasteiger partial charge in [0.05, 0.1) is 13.2 Å². The Balaban J connectivity index is 1.55. The number of pyridine rings is 1. The van der Waals surface area contributed by atoms with Gasteiger partial charge in [0.1, 0.15) is 5.75 Å². The van der Waals surface area contributed by atoms with E-state index in [1.807, 2.05) is 24.4 Å². The van der Waals surface area contributed by atoms with E-state index < -0.39 is 0 Å². The van der Waals surface area contributed by atoms with Crippen LogP contribution in [0.25, 0.3) is 0 Å². The topological polar surface area (TPSA) is 54.5 Å². The van der Waals surface area contributed by atoms with E-state index in [1.165, 1.54) is 30.4 Å². The van der Waals surface area contributed by atoms with Crippen molar-refractivity contribution >= 4 is 5.91 Å². The fourth-order valence-corrected chi connectivity index (χ4v) is 3.83. The number of aryl methyl sites for hydroxylation is 1. The van der Waals surface area contributed by atoms with Gasteiger partial charge in [0.15, 0.2) is 0 Å². The highest BCUT2D eigenvalue weighted by atomic mass is 16.5. The molecule has 28 heavy (non-hydrogen) atoms. The van der Waals surface area contributed by atoms with Gasteiger partial charge in [-0.1, -0.05) is 24.6 Å². The zero-order chi connectivity index (χ0) is 19.6. The van der Waals surface area contributed by atoms with Gasteiger partial charge < -0.3 is 10.1 Å². The van der Waals surface area contributed by atoms with E-state index in [9.17, 15) is 4.79 Å². The average Bonchev–Trinajstić information content (AvgIpc) is 2.75. The van der Waals surface area contributed by atoms with Gasteiger partial charge in [0.25, 0.3) is 0 Å². The van der Waals surface area contributed by atoms with Gasteiger partial charge in [-0.25, -0.2) is 0 Å². The Kier molecular flexibility index (Phi) is 7.85. The Labute approximate surface area is 168 Å². The van der Waals surface area contributed by atoms with Crippen LogP contribution >= 0.6 is 0 Å². The van der Waals surface area contributed by atoms with Crippen molar-refractivity contribution in [2.75, 3.05) is 26.7 Å². The number of piperidine rings is 1. The quantitative estimate of drug-likeness (QED) is 0.719. The number of carbonyl (C=O) groups is 1. The molecule has 1 saturated heterocycles. The Bertz CT molecular complexity index is 730. The minimum Gasteiger partial charge on any atom is -0.497 e. The first-order chi connectivity index (χ1) is 13.8. The van der Waals surface area contributed by atoms with Crippen molar-refractivity contribution in [1.29, 1.82) is 0 Å². The van der Waals surface area contributed by atoms with Crippen molar-refractivity contribution in [2.24, 2.45) is 0 Å². The number of hydrogen-bond acceptors (Lipinski definition) is 4. The second-order valence-electron chi connectivity index (χ2n) is 7.41.